The van der Waals surface area contributed by atoms with Crippen molar-refractivity contribution in [1.82, 2.24) is 0 Å². The number of ether oxygens (including phenoxy) is 1. The smallest absolute Gasteiger partial charge is 0.271 e. The van der Waals surface area contributed by atoms with Gasteiger partial charge in [-0.3, -0.25) is 9.59 Å². The number of imide groups is 1. The Balaban J connectivity index is 2.51. The lowest BCUT2D eigenvalue weighted by atomic mass is 10.1. The fourth-order valence-electron chi connectivity index (χ4n) is 1.82. The Morgan fingerprint density at radius 3 is 2.79 bits per heavy atom. The molecule has 0 bridgehead atoms. The minimum absolute atomic E-state index is 0.225. The molecule has 19 heavy (non-hydrogen) atoms. The maximum absolute atomic E-state index is 12.2. The largest absolute Gasteiger partial charge is 0.482 e. The summed E-state index contributed by atoms with van der Waals surface area (Å²) >= 11 is 0. The number of hydrogen-bond acceptors (Lipinski definition) is 5. The monoisotopic (exact) mass is 264 g/mol. The number of fused-ring (bicyclic) bond motifs is 1. The van der Waals surface area contributed by atoms with Crippen LogP contribution in [0.15, 0.2) is 18.2 Å². The van der Waals surface area contributed by atoms with Crippen LogP contribution in [0, 0.1) is 0 Å². The van der Waals surface area contributed by atoms with Gasteiger partial charge in [-0.25, -0.2) is 4.90 Å². The number of nitrogens with zero attached hydrogens (tertiary/aromatic N) is 1. The third-order valence-electron chi connectivity index (χ3n) is 2.83. The van der Waals surface area contributed by atoms with Crippen molar-refractivity contribution in [3.8, 4) is 5.75 Å². The highest BCUT2D eigenvalue weighted by Crippen LogP contribution is 2.34. The van der Waals surface area contributed by atoms with Gasteiger partial charge in [0.15, 0.2) is 6.61 Å². The van der Waals surface area contributed by atoms with Crippen molar-refractivity contribution < 1.29 is 19.4 Å². The van der Waals surface area contributed by atoms with E-state index in [1.165, 1.54) is 13.8 Å². The predicted octanol–water partition coefficient (Wildman–Crippen LogP) is 0.168. The van der Waals surface area contributed by atoms with Crippen molar-refractivity contribution in [2.24, 2.45) is 5.73 Å². The van der Waals surface area contributed by atoms with E-state index >= 15 is 0 Å². The topological polar surface area (TPSA) is 92.9 Å². The molecule has 0 fully saturated rings. The van der Waals surface area contributed by atoms with E-state index in [0.29, 0.717) is 11.4 Å². The standard InChI is InChI=1S/C13H16N2O4/c1-13(2,18)12(17)15-9-5-8(6-14)3-4-10(9)19-7-11(15)16/h3-5,18H,6-7,14H2,1-2H3. The summed E-state index contributed by atoms with van der Waals surface area (Å²) in [4.78, 5) is 25.0. The van der Waals surface area contributed by atoms with Crippen LogP contribution in [-0.4, -0.2) is 29.1 Å². The summed E-state index contributed by atoms with van der Waals surface area (Å²) in [6.07, 6.45) is 0. The predicted molar refractivity (Wildman–Crippen MR) is 68.6 cm³/mol. The van der Waals surface area contributed by atoms with E-state index < -0.39 is 17.4 Å². The number of benzene rings is 1. The fourth-order valence-corrected chi connectivity index (χ4v) is 1.82. The number of nitrogens with two attached hydrogens (primary N) is 1. The third-order valence-corrected chi connectivity index (χ3v) is 2.83. The van der Waals surface area contributed by atoms with Crippen molar-refractivity contribution in [3.05, 3.63) is 23.8 Å². The van der Waals surface area contributed by atoms with Gasteiger partial charge in [-0.15, -0.1) is 0 Å². The minimum Gasteiger partial charge on any atom is -0.482 e. The zero-order valence-corrected chi connectivity index (χ0v) is 10.8. The van der Waals surface area contributed by atoms with E-state index in [1.54, 1.807) is 18.2 Å². The van der Waals surface area contributed by atoms with Crippen LogP contribution in [0.25, 0.3) is 0 Å². The average molecular weight is 264 g/mol. The zero-order chi connectivity index (χ0) is 14.2. The molecule has 1 aliphatic rings. The Hall–Kier alpha value is -1.92. The summed E-state index contributed by atoms with van der Waals surface area (Å²) in [5.74, 6) is -0.764. The zero-order valence-electron chi connectivity index (χ0n) is 10.8. The molecule has 2 amide bonds. The molecular formula is C13H16N2O4. The first-order valence-corrected chi connectivity index (χ1v) is 5.90. The first kappa shape index (κ1) is 13.5. The number of anilines is 1. The number of rotatable bonds is 2. The minimum atomic E-state index is -1.64. The quantitative estimate of drug-likeness (QED) is 0.794. The maximum Gasteiger partial charge on any atom is 0.271 e. The molecular weight excluding hydrogens is 248 g/mol. The number of carbonyl (C=O) groups excluding carboxylic acids is 2. The summed E-state index contributed by atoms with van der Waals surface area (Å²) in [6.45, 7) is 2.73. The van der Waals surface area contributed by atoms with Crippen molar-refractivity contribution >= 4 is 17.5 Å². The molecule has 6 nitrogen and oxygen atoms in total. The second-order valence-electron chi connectivity index (χ2n) is 4.89. The molecule has 6 heteroatoms. The molecule has 0 unspecified atom stereocenters. The summed E-state index contributed by atoms with van der Waals surface area (Å²) < 4.78 is 5.26. The molecule has 1 aromatic carbocycles. The van der Waals surface area contributed by atoms with Gasteiger partial charge in [-0.2, -0.15) is 0 Å². The summed E-state index contributed by atoms with van der Waals surface area (Å²) in [5.41, 5.74) is 5.00. The van der Waals surface area contributed by atoms with E-state index in [2.05, 4.69) is 0 Å². The second kappa shape index (κ2) is 4.64. The van der Waals surface area contributed by atoms with Gasteiger partial charge < -0.3 is 15.6 Å². The van der Waals surface area contributed by atoms with E-state index in [0.717, 1.165) is 10.5 Å². The van der Waals surface area contributed by atoms with Crippen LogP contribution in [0.1, 0.15) is 19.4 Å². The highest BCUT2D eigenvalue weighted by molar-refractivity contribution is 6.19. The number of aliphatic hydroxyl groups is 1. The maximum atomic E-state index is 12.2. The molecule has 0 saturated heterocycles. The molecule has 0 spiro atoms. The second-order valence-corrected chi connectivity index (χ2v) is 4.89. The normalized spacial score (nSPS) is 14.9. The Bertz CT molecular complexity index is 534. The van der Waals surface area contributed by atoms with E-state index in [1.807, 2.05) is 0 Å². The summed E-state index contributed by atoms with van der Waals surface area (Å²) in [7, 11) is 0. The molecule has 1 aliphatic heterocycles. The van der Waals surface area contributed by atoms with Gasteiger partial charge in [0, 0.05) is 6.54 Å². The van der Waals surface area contributed by atoms with Crippen LogP contribution >= 0.6 is 0 Å². The average Bonchev–Trinajstić information content (AvgIpc) is 2.36. The summed E-state index contributed by atoms with van der Waals surface area (Å²) in [6, 6.07) is 5.05. The fraction of sp³-hybridized carbons (Fsp3) is 0.385. The van der Waals surface area contributed by atoms with E-state index in [9.17, 15) is 14.7 Å². The Morgan fingerprint density at radius 1 is 1.53 bits per heavy atom. The lowest BCUT2D eigenvalue weighted by Crippen LogP contribution is -2.51. The molecule has 0 aromatic heterocycles. The van der Waals surface area contributed by atoms with Crippen molar-refractivity contribution in [2.45, 2.75) is 26.0 Å². The van der Waals surface area contributed by atoms with Gasteiger partial charge in [-0.1, -0.05) is 6.07 Å². The molecule has 3 N–H and O–H groups in total. The van der Waals surface area contributed by atoms with Gasteiger partial charge in [0.05, 0.1) is 5.69 Å². The highest BCUT2D eigenvalue weighted by atomic mass is 16.5. The lowest BCUT2D eigenvalue weighted by Gasteiger charge is -2.31. The summed E-state index contributed by atoms with van der Waals surface area (Å²) in [5, 5.41) is 9.80. The van der Waals surface area contributed by atoms with Crippen LogP contribution in [0.3, 0.4) is 0 Å². The van der Waals surface area contributed by atoms with Crippen LogP contribution in [0.4, 0.5) is 5.69 Å². The van der Waals surface area contributed by atoms with Crippen LogP contribution in [-0.2, 0) is 16.1 Å². The Morgan fingerprint density at radius 2 is 2.21 bits per heavy atom. The molecule has 0 radical (unpaired) electrons. The van der Waals surface area contributed by atoms with Gasteiger partial charge in [0.2, 0.25) is 0 Å². The number of amides is 2. The van der Waals surface area contributed by atoms with Gasteiger partial charge in [0.25, 0.3) is 11.8 Å². The van der Waals surface area contributed by atoms with E-state index in [-0.39, 0.29) is 13.2 Å². The Labute approximate surface area is 110 Å². The van der Waals surface area contributed by atoms with E-state index in [4.69, 9.17) is 10.5 Å². The molecule has 1 heterocycles. The number of carbonyl (C=O) groups is 2. The SMILES string of the molecule is CC(C)(O)C(=O)N1C(=O)COc2ccc(CN)cc21. The van der Waals surface area contributed by atoms with Crippen molar-refractivity contribution in [1.29, 1.82) is 0 Å². The number of hydrogen-bond donors (Lipinski definition) is 2. The molecule has 0 aliphatic carbocycles. The van der Waals surface area contributed by atoms with Crippen LogP contribution in [0.2, 0.25) is 0 Å². The Kier molecular flexibility index (Phi) is 3.30. The highest BCUT2D eigenvalue weighted by Gasteiger charge is 2.38. The first-order valence-electron chi connectivity index (χ1n) is 5.90. The van der Waals surface area contributed by atoms with Gasteiger partial charge in [0.1, 0.15) is 11.4 Å². The van der Waals surface area contributed by atoms with Crippen molar-refractivity contribution in [3.63, 3.8) is 0 Å². The van der Waals surface area contributed by atoms with Crippen LogP contribution in [0.5, 0.6) is 5.75 Å². The van der Waals surface area contributed by atoms with Crippen LogP contribution < -0.4 is 15.4 Å². The van der Waals surface area contributed by atoms with Gasteiger partial charge in [-0.05, 0) is 31.5 Å². The molecule has 0 saturated carbocycles. The molecule has 102 valence electrons. The molecule has 0 atom stereocenters. The first-order chi connectivity index (χ1) is 8.84. The lowest BCUT2D eigenvalue weighted by molar-refractivity contribution is -0.138. The van der Waals surface area contributed by atoms with Crippen molar-refractivity contribution in [2.75, 3.05) is 11.5 Å². The van der Waals surface area contributed by atoms with Gasteiger partial charge >= 0.3 is 0 Å². The molecule has 2 rings (SSSR count). The molecule has 1 aromatic rings. The third kappa shape index (κ3) is 2.45.